The molecule has 0 saturated carbocycles. The zero-order chi connectivity index (χ0) is 11.7. The van der Waals surface area contributed by atoms with Crippen molar-refractivity contribution in [3.8, 4) is 0 Å². The molecular weight excluding hydrogens is 214 g/mol. The summed E-state index contributed by atoms with van der Waals surface area (Å²) in [5.41, 5.74) is 8.81. The second-order valence-electron chi connectivity index (χ2n) is 4.51. The first-order valence-corrected chi connectivity index (χ1v) is 6.14. The number of rotatable bonds is 2. The zero-order valence-corrected chi connectivity index (χ0v) is 9.76. The van der Waals surface area contributed by atoms with Crippen LogP contribution in [-0.4, -0.2) is 19.3 Å². The molecule has 3 rings (SSSR count). The Kier molecular flexibility index (Phi) is 2.87. The van der Waals surface area contributed by atoms with Gasteiger partial charge in [-0.2, -0.15) is 0 Å². The fourth-order valence-corrected chi connectivity index (χ4v) is 2.54. The molecule has 0 spiro atoms. The highest BCUT2D eigenvalue weighted by Crippen LogP contribution is 2.32. The van der Waals surface area contributed by atoms with E-state index in [0.29, 0.717) is 0 Å². The molecule has 2 heterocycles. The minimum Gasteiger partial charge on any atom is -0.496 e. The van der Waals surface area contributed by atoms with Crippen LogP contribution in [-0.2, 0) is 15.9 Å². The molecule has 0 radical (unpaired) electrons. The van der Waals surface area contributed by atoms with E-state index in [9.17, 15) is 0 Å². The molecule has 2 aliphatic rings. The van der Waals surface area contributed by atoms with Gasteiger partial charge in [0, 0.05) is 6.42 Å². The second-order valence-corrected chi connectivity index (χ2v) is 4.51. The predicted octanol–water partition coefficient (Wildman–Crippen LogP) is 1.93. The van der Waals surface area contributed by atoms with E-state index in [2.05, 4.69) is 24.3 Å². The lowest BCUT2D eigenvalue weighted by molar-refractivity contribution is 0.0201. The number of hydrogen-bond donors (Lipinski definition) is 1. The summed E-state index contributed by atoms with van der Waals surface area (Å²) >= 11 is 0. The van der Waals surface area contributed by atoms with E-state index in [0.717, 1.165) is 31.8 Å². The van der Waals surface area contributed by atoms with Gasteiger partial charge in [-0.25, -0.2) is 0 Å². The van der Waals surface area contributed by atoms with E-state index >= 15 is 0 Å². The van der Waals surface area contributed by atoms with Gasteiger partial charge in [-0.1, -0.05) is 24.3 Å². The predicted molar refractivity (Wildman–Crippen MR) is 65.5 cm³/mol. The molecule has 2 aliphatic heterocycles. The SMILES string of the molecule is NC(C1=CCCO1)C1OCCc2ccccc21. The molecule has 17 heavy (non-hydrogen) atoms. The molecule has 0 bridgehead atoms. The topological polar surface area (TPSA) is 44.5 Å². The van der Waals surface area contributed by atoms with Crippen LogP contribution >= 0.6 is 0 Å². The molecule has 2 unspecified atom stereocenters. The lowest BCUT2D eigenvalue weighted by Crippen LogP contribution is -2.35. The molecule has 0 aromatic heterocycles. The third kappa shape index (κ3) is 1.96. The summed E-state index contributed by atoms with van der Waals surface area (Å²) in [5, 5.41) is 0. The second kappa shape index (κ2) is 4.51. The quantitative estimate of drug-likeness (QED) is 0.846. The summed E-state index contributed by atoms with van der Waals surface area (Å²) < 4.78 is 11.4. The maximum atomic E-state index is 6.25. The molecule has 2 N–H and O–H groups in total. The maximum Gasteiger partial charge on any atom is 0.112 e. The number of benzene rings is 1. The van der Waals surface area contributed by atoms with Crippen molar-refractivity contribution in [1.82, 2.24) is 0 Å². The molecule has 3 heteroatoms. The highest BCUT2D eigenvalue weighted by atomic mass is 16.5. The standard InChI is InChI=1S/C14H17NO2/c15-13(12-6-3-8-16-12)14-11-5-2-1-4-10(11)7-9-17-14/h1-2,4-6,13-14H,3,7-9,15H2. The highest BCUT2D eigenvalue weighted by molar-refractivity contribution is 5.33. The van der Waals surface area contributed by atoms with Crippen LogP contribution in [0.25, 0.3) is 0 Å². The molecule has 0 aliphatic carbocycles. The van der Waals surface area contributed by atoms with Crippen molar-refractivity contribution >= 4 is 0 Å². The Labute approximate surface area is 101 Å². The third-order valence-electron chi connectivity index (χ3n) is 3.42. The molecule has 0 fully saturated rings. The van der Waals surface area contributed by atoms with Gasteiger partial charge in [0.25, 0.3) is 0 Å². The molecule has 3 nitrogen and oxygen atoms in total. The Bertz CT molecular complexity index is 442. The van der Waals surface area contributed by atoms with Crippen LogP contribution in [0, 0.1) is 0 Å². The largest absolute Gasteiger partial charge is 0.496 e. The zero-order valence-electron chi connectivity index (χ0n) is 9.76. The van der Waals surface area contributed by atoms with Crippen molar-refractivity contribution in [2.45, 2.75) is 25.0 Å². The van der Waals surface area contributed by atoms with Gasteiger partial charge >= 0.3 is 0 Å². The van der Waals surface area contributed by atoms with Crippen LogP contribution in [0.15, 0.2) is 36.1 Å². The Hall–Kier alpha value is -1.32. The average molecular weight is 231 g/mol. The van der Waals surface area contributed by atoms with Crippen molar-refractivity contribution in [2.75, 3.05) is 13.2 Å². The average Bonchev–Trinajstić information content (AvgIpc) is 2.91. The van der Waals surface area contributed by atoms with Crippen LogP contribution in [0.2, 0.25) is 0 Å². The summed E-state index contributed by atoms with van der Waals surface area (Å²) in [7, 11) is 0. The maximum absolute atomic E-state index is 6.25. The Morgan fingerprint density at radius 1 is 1.24 bits per heavy atom. The van der Waals surface area contributed by atoms with E-state index in [1.807, 2.05) is 6.07 Å². The van der Waals surface area contributed by atoms with Gasteiger partial charge in [0.05, 0.1) is 19.3 Å². The molecular formula is C14H17NO2. The number of nitrogens with two attached hydrogens (primary N) is 1. The van der Waals surface area contributed by atoms with Crippen molar-refractivity contribution < 1.29 is 9.47 Å². The molecule has 90 valence electrons. The third-order valence-corrected chi connectivity index (χ3v) is 3.42. The normalized spacial score (nSPS) is 24.8. The molecule has 0 saturated heterocycles. The van der Waals surface area contributed by atoms with Crippen molar-refractivity contribution in [3.63, 3.8) is 0 Å². The van der Waals surface area contributed by atoms with Gasteiger partial charge < -0.3 is 15.2 Å². The first-order valence-electron chi connectivity index (χ1n) is 6.14. The Balaban J connectivity index is 1.89. The summed E-state index contributed by atoms with van der Waals surface area (Å²) in [6.45, 7) is 1.49. The minimum atomic E-state index is -0.182. The number of ether oxygens (including phenoxy) is 2. The molecule has 1 aromatic rings. The first-order chi connectivity index (χ1) is 8.36. The molecule has 0 amide bonds. The highest BCUT2D eigenvalue weighted by Gasteiger charge is 2.30. The summed E-state index contributed by atoms with van der Waals surface area (Å²) in [6.07, 6.45) is 3.94. The van der Waals surface area contributed by atoms with Gasteiger partial charge in [0.1, 0.15) is 11.9 Å². The molecule has 2 atom stereocenters. The van der Waals surface area contributed by atoms with E-state index in [1.165, 1.54) is 11.1 Å². The Morgan fingerprint density at radius 2 is 2.12 bits per heavy atom. The fraction of sp³-hybridized carbons (Fsp3) is 0.429. The monoisotopic (exact) mass is 231 g/mol. The fourth-order valence-electron chi connectivity index (χ4n) is 2.54. The van der Waals surface area contributed by atoms with E-state index < -0.39 is 0 Å². The van der Waals surface area contributed by atoms with Crippen LogP contribution in [0.5, 0.6) is 0 Å². The molecule has 1 aromatic carbocycles. The van der Waals surface area contributed by atoms with Gasteiger partial charge in [-0.05, 0) is 23.6 Å². The number of fused-ring (bicyclic) bond motifs is 1. The van der Waals surface area contributed by atoms with Crippen LogP contribution in [0.1, 0.15) is 23.7 Å². The lowest BCUT2D eigenvalue weighted by Gasteiger charge is -2.30. The van der Waals surface area contributed by atoms with Crippen LogP contribution < -0.4 is 5.73 Å². The summed E-state index contributed by atoms with van der Waals surface area (Å²) in [6, 6.07) is 8.18. The smallest absolute Gasteiger partial charge is 0.112 e. The minimum absolute atomic E-state index is 0.0655. The van der Waals surface area contributed by atoms with Crippen molar-refractivity contribution in [2.24, 2.45) is 5.73 Å². The van der Waals surface area contributed by atoms with Gasteiger partial charge in [0.2, 0.25) is 0 Å². The van der Waals surface area contributed by atoms with E-state index in [4.69, 9.17) is 15.2 Å². The van der Waals surface area contributed by atoms with E-state index in [-0.39, 0.29) is 12.1 Å². The van der Waals surface area contributed by atoms with E-state index in [1.54, 1.807) is 0 Å². The van der Waals surface area contributed by atoms with Crippen molar-refractivity contribution in [1.29, 1.82) is 0 Å². The first kappa shape index (κ1) is 10.8. The van der Waals surface area contributed by atoms with Gasteiger partial charge in [0.15, 0.2) is 0 Å². The van der Waals surface area contributed by atoms with Gasteiger partial charge in [-0.15, -0.1) is 0 Å². The van der Waals surface area contributed by atoms with Crippen molar-refractivity contribution in [3.05, 3.63) is 47.2 Å². The number of hydrogen-bond acceptors (Lipinski definition) is 3. The van der Waals surface area contributed by atoms with Gasteiger partial charge in [-0.3, -0.25) is 0 Å². The van der Waals surface area contributed by atoms with Crippen LogP contribution in [0.4, 0.5) is 0 Å². The summed E-state index contributed by atoms with van der Waals surface area (Å²) in [4.78, 5) is 0. The van der Waals surface area contributed by atoms with Crippen LogP contribution in [0.3, 0.4) is 0 Å². The summed E-state index contributed by atoms with van der Waals surface area (Å²) in [5.74, 6) is 0.881. The lowest BCUT2D eigenvalue weighted by atomic mass is 9.93. The Morgan fingerprint density at radius 3 is 2.94 bits per heavy atom.